The molecule has 1 amide bonds. The van der Waals surface area contributed by atoms with Crippen molar-refractivity contribution in [2.45, 2.75) is 17.4 Å². The third-order valence-electron chi connectivity index (χ3n) is 2.78. The molecule has 1 aliphatic heterocycles. The number of amides is 1. The molecule has 1 heterocycles. The van der Waals surface area contributed by atoms with Crippen molar-refractivity contribution < 1.29 is 17.9 Å². The number of nitrogens with one attached hydrogen (secondary N) is 1. The lowest BCUT2D eigenvalue weighted by Gasteiger charge is -2.12. The summed E-state index contributed by atoms with van der Waals surface area (Å²) in [4.78, 5) is 11.8. The smallest absolute Gasteiger partial charge is 0.262 e. The van der Waals surface area contributed by atoms with Gasteiger partial charge < -0.3 is 10.1 Å². The Hall–Kier alpha value is -0.340. The van der Waals surface area contributed by atoms with E-state index in [1.165, 1.54) is 12.1 Å². The van der Waals surface area contributed by atoms with Gasteiger partial charge in [-0.3, -0.25) is 4.79 Å². The van der Waals surface area contributed by atoms with Crippen molar-refractivity contribution in [3.8, 4) is 0 Å². The molecule has 0 aromatic heterocycles. The van der Waals surface area contributed by atoms with E-state index in [-0.39, 0.29) is 26.0 Å². The maximum absolute atomic E-state index is 12.1. The number of hydrogen-bond acceptors (Lipinski definition) is 4. The average Bonchev–Trinajstić information content (AvgIpc) is 2.83. The molecular weight excluding hydrogens is 393 g/mol. The third-order valence-corrected chi connectivity index (χ3v) is 5.77. The molecule has 0 radical (unpaired) electrons. The third kappa shape index (κ3) is 3.65. The summed E-state index contributed by atoms with van der Waals surface area (Å²) in [5, 5.41) is 2.84. The number of hydrogen-bond donors (Lipinski definition) is 1. The SMILES string of the molecule is O=C(NC1CCOC1)c1cc(Cl)c(Br)c(S(=O)(=O)Cl)c1. The standard InChI is InChI=1S/C11H10BrCl2NO4S/c12-10-8(13)3-6(4-9(10)20(14,17)18)11(16)15-7-1-2-19-5-7/h3-4,7H,1-2,5H2,(H,15,16). The molecule has 1 aromatic carbocycles. The van der Waals surface area contributed by atoms with E-state index in [2.05, 4.69) is 21.2 Å². The van der Waals surface area contributed by atoms with Crippen LogP contribution in [-0.4, -0.2) is 33.6 Å². The maximum atomic E-state index is 12.1. The Bertz CT molecular complexity index is 644. The molecule has 2 rings (SSSR count). The Morgan fingerprint density at radius 2 is 2.15 bits per heavy atom. The fourth-order valence-corrected chi connectivity index (χ4v) is 4.17. The predicted molar refractivity (Wildman–Crippen MR) is 78.9 cm³/mol. The largest absolute Gasteiger partial charge is 0.379 e. The highest BCUT2D eigenvalue weighted by Gasteiger charge is 2.23. The van der Waals surface area contributed by atoms with Gasteiger partial charge in [0, 0.05) is 22.9 Å². The van der Waals surface area contributed by atoms with Gasteiger partial charge in [0.15, 0.2) is 0 Å². The first-order valence-electron chi connectivity index (χ1n) is 5.61. The Balaban J connectivity index is 2.32. The summed E-state index contributed by atoms with van der Waals surface area (Å²) in [6.07, 6.45) is 0.719. The number of carbonyl (C=O) groups excluding carboxylic acids is 1. The van der Waals surface area contributed by atoms with Crippen molar-refractivity contribution >= 4 is 53.2 Å². The van der Waals surface area contributed by atoms with E-state index in [1.54, 1.807) is 0 Å². The van der Waals surface area contributed by atoms with Crippen LogP contribution in [0.4, 0.5) is 0 Å². The van der Waals surface area contributed by atoms with E-state index >= 15 is 0 Å². The van der Waals surface area contributed by atoms with Gasteiger partial charge in [0.2, 0.25) is 0 Å². The molecule has 0 spiro atoms. The quantitative estimate of drug-likeness (QED) is 0.788. The van der Waals surface area contributed by atoms with E-state index in [9.17, 15) is 13.2 Å². The zero-order valence-corrected chi connectivity index (χ0v) is 13.9. The van der Waals surface area contributed by atoms with Gasteiger partial charge in [0.05, 0.1) is 27.0 Å². The molecule has 0 bridgehead atoms. The van der Waals surface area contributed by atoms with Crippen molar-refractivity contribution in [3.63, 3.8) is 0 Å². The lowest BCUT2D eigenvalue weighted by molar-refractivity contribution is 0.0929. The van der Waals surface area contributed by atoms with E-state index < -0.39 is 15.0 Å². The molecule has 0 saturated carbocycles. The molecule has 1 unspecified atom stereocenters. The maximum Gasteiger partial charge on any atom is 0.262 e. The van der Waals surface area contributed by atoms with Crippen LogP contribution in [0.2, 0.25) is 5.02 Å². The molecule has 1 saturated heterocycles. The van der Waals surface area contributed by atoms with Gasteiger partial charge in [0.25, 0.3) is 15.0 Å². The molecule has 0 aliphatic carbocycles. The van der Waals surface area contributed by atoms with Crippen LogP contribution in [0.15, 0.2) is 21.5 Å². The molecule has 1 N–H and O–H groups in total. The van der Waals surface area contributed by atoms with Gasteiger partial charge in [-0.05, 0) is 34.5 Å². The van der Waals surface area contributed by atoms with Gasteiger partial charge in [-0.15, -0.1) is 0 Å². The van der Waals surface area contributed by atoms with Gasteiger partial charge in [-0.25, -0.2) is 8.42 Å². The highest BCUT2D eigenvalue weighted by molar-refractivity contribution is 9.10. The van der Waals surface area contributed by atoms with Crippen LogP contribution in [0.5, 0.6) is 0 Å². The van der Waals surface area contributed by atoms with Crippen LogP contribution >= 0.6 is 38.2 Å². The van der Waals surface area contributed by atoms with E-state index in [4.69, 9.17) is 27.0 Å². The summed E-state index contributed by atoms with van der Waals surface area (Å²) in [7, 11) is 1.31. The lowest BCUT2D eigenvalue weighted by atomic mass is 10.2. The summed E-state index contributed by atoms with van der Waals surface area (Å²) in [5.41, 5.74) is 0.129. The minimum Gasteiger partial charge on any atom is -0.379 e. The predicted octanol–water partition coefficient (Wildman–Crippen LogP) is 2.55. The minimum atomic E-state index is -4.00. The fourth-order valence-electron chi connectivity index (χ4n) is 1.79. The normalized spacial score (nSPS) is 19.1. The molecule has 5 nitrogen and oxygen atoms in total. The Morgan fingerprint density at radius 1 is 1.45 bits per heavy atom. The van der Waals surface area contributed by atoms with Crippen LogP contribution < -0.4 is 5.32 Å². The molecule has 1 atom stereocenters. The second-order valence-corrected chi connectivity index (χ2v) is 7.98. The average molecular weight is 403 g/mol. The molecule has 1 aromatic rings. The number of rotatable bonds is 3. The van der Waals surface area contributed by atoms with Gasteiger partial charge >= 0.3 is 0 Å². The van der Waals surface area contributed by atoms with Crippen LogP contribution in [0.25, 0.3) is 0 Å². The minimum absolute atomic E-state index is 0.0824. The van der Waals surface area contributed by atoms with E-state index in [0.717, 1.165) is 6.42 Å². The number of carbonyl (C=O) groups is 1. The van der Waals surface area contributed by atoms with E-state index in [0.29, 0.717) is 13.2 Å². The van der Waals surface area contributed by atoms with Crippen molar-refractivity contribution in [2.75, 3.05) is 13.2 Å². The highest BCUT2D eigenvalue weighted by Crippen LogP contribution is 2.33. The number of ether oxygens (including phenoxy) is 1. The van der Waals surface area contributed by atoms with Crippen LogP contribution in [0, 0.1) is 0 Å². The summed E-state index contributed by atoms with van der Waals surface area (Å²) >= 11 is 8.95. The molecular formula is C11H10BrCl2NO4S. The Labute approximate surface area is 134 Å². The van der Waals surface area contributed by atoms with Crippen molar-refractivity contribution in [2.24, 2.45) is 0 Å². The molecule has 20 heavy (non-hydrogen) atoms. The van der Waals surface area contributed by atoms with Gasteiger partial charge in [-0.1, -0.05) is 11.6 Å². The highest BCUT2D eigenvalue weighted by atomic mass is 79.9. The first-order valence-corrected chi connectivity index (χ1v) is 9.09. The molecule has 1 aliphatic rings. The second-order valence-electron chi connectivity index (χ2n) is 4.24. The lowest BCUT2D eigenvalue weighted by Crippen LogP contribution is -2.35. The first-order chi connectivity index (χ1) is 9.29. The van der Waals surface area contributed by atoms with Crippen LogP contribution in [0.3, 0.4) is 0 Å². The Morgan fingerprint density at radius 3 is 2.70 bits per heavy atom. The summed E-state index contributed by atoms with van der Waals surface area (Å²) in [5.74, 6) is -0.420. The van der Waals surface area contributed by atoms with Crippen molar-refractivity contribution in [3.05, 3.63) is 27.2 Å². The number of halogens is 3. The monoisotopic (exact) mass is 401 g/mol. The Kier molecular flexibility index (Phi) is 4.96. The molecule has 110 valence electrons. The molecule has 9 heteroatoms. The van der Waals surface area contributed by atoms with Gasteiger partial charge in [0.1, 0.15) is 0 Å². The van der Waals surface area contributed by atoms with Crippen LogP contribution in [0.1, 0.15) is 16.8 Å². The summed E-state index contributed by atoms with van der Waals surface area (Å²) in [6.45, 7) is 1.03. The number of benzene rings is 1. The fraction of sp³-hybridized carbons (Fsp3) is 0.364. The van der Waals surface area contributed by atoms with Crippen LogP contribution in [-0.2, 0) is 13.8 Å². The van der Waals surface area contributed by atoms with E-state index in [1.807, 2.05) is 0 Å². The second kappa shape index (κ2) is 6.19. The molecule has 1 fully saturated rings. The first kappa shape index (κ1) is 16.0. The zero-order valence-electron chi connectivity index (χ0n) is 10.0. The summed E-state index contributed by atoms with van der Waals surface area (Å²) < 4.78 is 28.2. The van der Waals surface area contributed by atoms with Gasteiger partial charge in [-0.2, -0.15) is 0 Å². The van der Waals surface area contributed by atoms with Crippen molar-refractivity contribution in [1.82, 2.24) is 5.32 Å². The topological polar surface area (TPSA) is 72.5 Å². The summed E-state index contributed by atoms with van der Waals surface area (Å²) in [6, 6.07) is 2.48. The zero-order chi connectivity index (χ0) is 14.9. The van der Waals surface area contributed by atoms with Crippen molar-refractivity contribution in [1.29, 1.82) is 0 Å².